The fourth-order valence-corrected chi connectivity index (χ4v) is 1.49. The van der Waals surface area contributed by atoms with E-state index in [-0.39, 0.29) is 5.56 Å². The second-order valence-electron chi connectivity index (χ2n) is 3.81. The average Bonchev–Trinajstić information content (AvgIpc) is 2.39. The summed E-state index contributed by atoms with van der Waals surface area (Å²) in [5, 5.41) is 11.7. The van der Waals surface area contributed by atoms with E-state index >= 15 is 0 Å². The molecule has 4 N–H and O–H groups in total. The number of nitrogens with zero attached hydrogens (tertiary/aromatic N) is 1. The summed E-state index contributed by atoms with van der Waals surface area (Å²) in [4.78, 5) is 25.7. The minimum Gasteiger partial charge on any atom is -0.478 e. The number of hydrogen-bond acceptors (Lipinski definition) is 4. The minimum atomic E-state index is -1.03. The third-order valence-electron chi connectivity index (χ3n) is 2.43. The molecule has 1 aromatic carbocycles. The van der Waals surface area contributed by atoms with Crippen molar-refractivity contribution in [2.75, 3.05) is 5.32 Å². The molecule has 0 atom stereocenters. The SMILES string of the molecule is NC(=O)c1cccc(Nc2ccc(C(=O)O)cn2)c1. The quantitative estimate of drug-likeness (QED) is 0.771. The van der Waals surface area contributed by atoms with Gasteiger partial charge in [-0.05, 0) is 30.3 Å². The molecule has 19 heavy (non-hydrogen) atoms. The standard InChI is InChI=1S/C13H11N3O3/c14-12(17)8-2-1-3-10(6-8)16-11-5-4-9(7-15-11)13(18)19/h1-7H,(H2,14,17)(H,15,16)(H,18,19). The molecule has 0 aliphatic rings. The molecule has 1 heterocycles. The summed E-state index contributed by atoms with van der Waals surface area (Å²) < 4.78 is 0. The van der Waals surface area contributed by atoms with Crippen LogP contribution < -0.4 is 11.1 Å². The second-order valence-corrected chi connectivity index (χ2v) is 3.81. The van der Waals surface area contributed by atoms with E-state index in [1.807, 2.05) is 0 Å². The predicted molar refractivity (Wildman–Crippen MR) is 69.4 cm³/mol. The van der Waals surface area contributed by atoms with Gasteiger partial charge in [-0.3, -0.25) is 4.79 Å². The molecule has 0 aliphatic heterocycles. The van der Waals surface area contributed by atoms with Gasteiger partial charge in [-0.15, -0.1) is 0 Å². The first-order valence-electron chi connectivity index (χ1n) is 5.42. The van der Waals surface area contributed by atoms with Crippen LogP contribution in [0.3, 0.4) is 0 Å². The highest BCUT2D eigenvalue weighted by Crippen LogP contribution is 2.16. The van der Waals surface area contributed by atoms with E-state index in [2.05, 4.69) is 10.3 Å². The normalized spacial score (nSPS) is 9.89. The van der Waals surface area contributed by atoms with Crippen LogP contribution >= 0.6 is 0 Å². The van der Waals surface area contributed by atoms with Crippen molar-refractivity contribution >= 4 is 23.4 Å². The smallest absolute Gasteiger partial charge is 0.337 e. The Labute approximate surface area is 108 Å². The highest BCUT2D eigenvalue weighted by Gasteiger charge is 2.04. The zero-order valence-electron chi connectivity index (χ0n) is 9.83. The predicted octanol–water partition coefficient (Wildman–Crippen LogP) is 1.62. The number of hydrogen-bond donors (Lipinski definition) is 3. The summed E-state index contributed by atoms with van der Waals surface area (Å²) in [5.41, 5.74) is 6.32. The Morgan fingerprint density at radius 2 is 1.95 bits per heavy atom. The van der Waals surface area contributed by atoms with Gasteiger partial charge < -0.3 is 16.2 Å². The third-order valence-corrected chi connectivity index (χ3v) is 2.43. The van der Waals surface area contributed by atoms with Crippen LogP contribution in [0.2, 0.25) is 0 Å². The number of nitrogens with one attached hydrogen (secondary N) is 1. The van der Waals surface area contributed by atoms with Gasteiger partial charge in [0.05, 0.1) is 5.56 Å². The summed E-state index contributed by atoms with van der Waals surface area (Å²) in [6.07, 6.45) is 1.25. The van der Waals surface area contributed by atoms with Gasteiger partial charge >= 0.3 is 5.97 Å². The highest BCUT2D eigenvalue weighted by molar-refractivity contribution is 5.93. The van der Waals surface area contributed by atoms with Crippen molar-refractivity contribution in [1.82, 2.24) is 4.98 Å². The maximum absolute atomic E-state index is 11.0. The Kier molecular flexibility index (Phi) is 3.42. The van der Waals surface area contributed by atoms with Gasteiger partial charge in [0.25, 0.3) is 0 Å². The largest absolute Gasteiger partial charge is 0.478 e. The summed E-state index contributed by atoms with van der Waals surface area (Å²) in [5.74, 6) is -1.07. The van der Waals surface area contributed by atoms with Crippen LogP contribution in [0.25, 0.3) is 0 Å². The lowest BCUT2D eigenvalue weighted by Crippen LogP contribution is -2.10. The van der Waals surface area contributed by atoms with Crippen LogP contribution in [0.5, 0.6) is 0 Å². The van der Waals surface area contributed by atoms with Crippen LogP contribution in [0, 0.1) is 0 Å². The van der Waals surface area contributed by atoms with Gasteiger partial charge in [0, 0.05) is 17.4 Å². The molecule has 6 nitrogen and oxygen atoms in total. The van der Waals surface area contributed by atoms with Crippen molar-refractivity contribution in [3.63, 3.8) is 0 Å². The molecule has 0 unspecified atom stereocenters. The number of anilines is 2. The Morgan fingerprint density at radius 1 is 1.16 bits per heavy atom. The van der Waals surface area contributed by atoms with Crippen LogP contribution in [-0.4, -0.2) is 22.0 Å². The number of benzene rings is 1. The lowest BCUT2D eigenvalue weighted by Gasteiger charge is -2.06. The molecule has 1 amide bonds. The van der Waals surface area contributed by atoms with Crippen molar-refractivity contribution in [3.8, 4) is 0 Å². The van der Waals surface area contributed by atoms with Crippen LogP contribution in [-0.2, 0) is 0 Å². The molecule has 2 rings (SSSR count). The molecular weight excluding hydrogens is 246 g/mol. The molecule has 96 valence electrons. The van der Waals surface area contributed by atoms with E-state index in [0.717, 1.165) is 0 Å². The lowest BCUT2D eigenvalue weighted by molar-refractivity contribution is 0.0696. The molecule has 1 aromatic heterocycles. The number of rotatable bonds is 4. The average molecular weight is 257 g/mol. The molecule has 0 saturated carbocycles. The molecule has 0 bridgehead atoms. The monoisotopic (exact) mass is 257 g/mol. The van der Waals surface area contributed by atoms with Crippen LogP contribution in [0.1, 0.15) is 20.7 Å². The number of carboxylic acid groups (broad SMARTS) is 1. The van der Waals surface area contributed by atoms with Gasteiger partial charge in [0.15, 0.2) is 0 Å². The molecular formula is C13H11N3O3. The molecule has 0 radical (unpaired) electrons. The van der Waals surface area contributed by atoms with Gasteiger partial charge in [-0.2, -0.15) is 0 Å². The number of aromatic nitrogens is 1. The minimum absolute atomic E-state index is 0.108. The van der Waals surface area contributed by atoms with E-state index in [4.69, 9.17) is 10.8 Å². The Bertz CT molecular complexity index is 623. The Balaban J connectivity index is 2.19. The van der Waals surface area contributed by atoms with Crippen molar-refractivity contribution in [1.29, 1.82) is 0 Å². The first-order chi connectivity index (χ1) is 9.06. The van der Waals surface area contributed by atoms with E-state index in [1.54, 1.807) is 30.3 Å². The van der Waals surface area contributed by atoms with Crippen molar-refractivity contribution in [3.05, 3.63) is 53.7 Å². The zero-order chi connectivity index (χ0) is 13.8. The van der Waals surface area contributed by atoms with Gasteiger partial charge in [-0.25, -0.2) is 9.78 Å². The molecule has 6 heteroatoms. The van der Waals surface area contributed by atoms with Crippen molar-refractivity contribution in [2.45, 2.75) is 0 Å². The van der Waals surface area contributed by atoms with Gasteiger partial charge in [-0.1, -0.05) is 6.07 Å². The number of pyridine rings is 1. The summed E-state index contributed by atoms with van der Waals surface area (Å²) in [7, 11) is 0. The fraction of sp³-hybridized carbons (Fsp3) is 0. The fourth-order valence-electron chi connectivity index (χ4n) is 1.49. The molecule has 0 fully saturated rings. The van der Waals surface area contributed by atoms with Crippen molar-refractivity contribution < 1.29 is 14.7 Å². The van der Waals surface area contributed by atoms with Gasteiger partial charge in [0.2, 0.25) is 5.91 Å². The number of primary amides is 1. The number of carbonyl (C=O) groups is 2. The first-order valence-corrected chi connectivity index (χ1v) is 5.42. The molecule has 0 spiro atoms. The summed E-state index contributed by atoms with van der Waals surface area (Å²) >= 11 is 0. The number of amides is 1. The number of aromatic carboxylic acids is 1. The van der Waals surface area contributed by atoms with E-state index in [0.29, 0.717) is 17.1 Å². The van der Waals surface area contributed by atoms with E-state index < -0.39 is 11.9 Å². The van der Waals surface area contributed by atoms with Crippen LogP contribution in [0.15, 0.2) is 42.6 Å². The topological polar surface area (TPSA) is 105 Å². The van der Waals surface area contributed by atoms with Crippen molar-refractivity contribution in [2.24, 2.45) is 5.73 Å². The number of carboxylic acids is 1. The van der Waals surface area contributed by atoms with E-state index in [9.17, 15) is 9.59 Å². The van der Waals surface area contributed by atoms with E-state index in [1.165, 1.54) is 12.3 Å². The zero-order valence-corrected chi connectivity index (χ0v) is 9.83. The maximum Gasteiger partial charge on any atom is 0.337 e. The summed E-state index contributed by atoms with van der Waals surface area (Å²) in [6.45, 7) is 0. The molecule has 0 saturated heterocycles. The second kappa shape index (κ2) is 5.18. The Hall–Kier alpha value is -2.89. The summed E-state index contributed by atoms with van der Waals surface area (Å²) in [6, 6.07) is 9.62. The molecule has 2 aromatic rings. The maximum atomic E-state index is 11.0. The first kappa shape index (κ1) is 12.6. The third kappa shape index (κ3) is 3.06. The highest BCUT2D eigenvalue weighted by atomic mass is 16.4. The van der Waals surface area contributed by atoms with Gasteiger partial charge in [0.1, 0.15) is 5.82 Å². The molecule has 0 aliphatic carbocycles. The Morgan fingerprint density at radius 3 is 2.53 bits per heavy atom. The lowest BCUT2D eigenvalue weighted by atomic mass is 10.2. The number of carbonyl (C=O) groups excluding carboxylic acids is 1. The number of nitrogens with two attached hydrogens (primary N) is 1. The van der Waals surface area contributed by atoms with Crippen LogP contribution in [0.4, 0.5) is 11.5 Å².